The number of carbonyl (C=O) groups excluding carboxylic acids is 2. The number of hydrogen-bond donors (Lipinski definition) is 0. The van der Waals surface area contributed by atoms with Crippen LogP contribution >= 0.6 is 0 Å². The van der Waals surface area contributed by atoms with Crippen LogP contribution in [0.2, 0.25) is 0 Å². The van der Waals surface area contributed by atoms with E-state index in [1.54, 1.807) is 46.0 Å². The Hall–Kier alpha value is -3.49. The fourth-order valence-electron chi connectivity index (χ4n) is 3.54. The molecule has 3 aromatic rings. The molecule has 0 saturated carbocycles. The second kappa shape index (κ2) is 8.48. The zero-order chi connectivity index (χ0) is 21.1. The molecule has 1 fully saturated rings. The Balaban J connectivity index is 1.30. The summed E-state index contributed by atoms with van der Waals surface area (Å²) < 4.78 is 20.9. The number of aromatic nitrogens is 3. The first-order valence-corrected chi connectivity index (χ1v) is 9.84. The number of para-hydroxylation sites is 1. The summed E-state index contributed by atoms with van der Waals surface area (Å²) in [4.78, 5) is 28.3. The van der Waals surface area contributed by atoms with Gasteiger partial charge in [-0.3, -0.25) is 4.79 Å². The normalized spacial score (nSPS) is 14.2. The number of carbonyl (C=O) groups is 2. The van der Waals surface area contributed by atoms with E-state index in [9.17, 15) is 14.0 Å². The van der Waals surface area contributed by atoms with Gasteiger partial charge in [-0.1, -0.05) is 17.3 Å². The first-order valence-electron chi connectivity index (χ1n) is 9.84. The average Bonchev–Trinajstić information content (AvgIpc) is 3.20. The second-order valence-electron chi connectivity index (χ2n) is 7.00. The Morgan fingerprint density at radius 2 is 1.87 bits per heavy atom. The molecular formula is C21H22FN5O3. The number of rotatable bonds is 5. The quantitative estimate of drug-likeness (QED) is 0.598. The van der Waals surface area contributed by atoms with Gasteiger partial charge in [-0.25, -0.2) is 13.9 Å². The van der Waals surface area contributed by atoms with Gasteiger partial charge in [-0.15, -0.1) is 5.10 Å². The summed E-state index contributed by atoms with van der Waals surface area (Å²) in [5, 5.41) is 8.05. The lowest BCUT2D eigenvalue weighted by Gasteiger charge is -2.36. The molecule has 2 aromatic carbocycles. The van der Waals surface area contributed by atoms with Gasteiger partial charge in [0.05, 0.1) is 16.8 Å². The molecule has 4 rings (SSSR count). The third kappa shape index (κ3) is 3.96. The molecular weight excluding hydrogens is 389 g/mol. The molecule has 1 saturated heterocycles. The number of anilines is 1. The van der Waals surface area contributed by atoms with Crippen LogP contribution in [0.1, 0.15) is 17.3 Å². The Labute approximate surface area is 172 Å². The van der Waals surface area contributed by atoms with Gasteiger partial charge in [0.2, 0.25) is 0 Å². The molecule has 0 aliphatic carbocycles. The predicted molar refractivity (Wildman–Crippen MR) is 109 cm³/mol. The molecule has 0 unspecified atom stereocenters. The zero-order valence-electron chi connectivity index (χ0n) is 16.6. The topological polar surface area (TPSA) is 80.6 Å². The standard InChI is InChI=1S/C21H22FN5O3/c1-2-27-19-8-7-15(13-17(19)23-24-27)21(29)30-14-20(28)26-11-9-25(10-12-26)18-6-4-3-5-16(18)22/h3-8,13H,2,9-12,14H2,1H3. The van der Waals surface area contributed by atoms with Crippen LogP contribution in [0.5, 0.6) is 0 Å². The van der Waals surface area contributed by atoms with Crippen LogP contribution in [0.25, 0.3) is 11.0 Å². The van der Waals surface area contributed by atoms with E-state index in [1.807, 2.05) is 11.8 Å². The number of amides is 1. The molecule has 156 valence electrons. The van der Waals surface area contributed by atoms with Gasteiger partial charge in [-0.2, -0.15) is 0 Å². The maximum absolute atomic E-state index is 13.9. The van der Waals surface area contributed by atoms with Crippen LogP contribution in [0.4, 0.5) is 10.1 Å². The van der Waals surface area contributed by atoms with E-state index in [0.29, 0.717) is 49.5 Å². The van der Waals surface area contributed by atoms with Crippen LogP contribution in [0.15, 0.2) is 42.5 Å². The molecule has 8 nitrogen and oxygen atoms in total. The van der Waals surface area contributed by atoms with E-state index in [1.165, 1.54) is 6.07 Å². The number of benzene rings is 2. The van der Waals surface area contributed by atoms with Crippen LogP contribution < -0.4 is 4.90 Å². The molecule has 2 heterocycles. The molecule has 1 aliphatic rings. The van der Waals surface area contributed by atoms with Crippen molar-refractivity contribution in [3.05, 3.63) is 53.8 Å². The van der Waals surface area contributed by atoms with Gasteiger partial charge in [0.15, 0.2) is 6.61 Å². The van der Waals surface area contributed by atoms with E-state index < -0.39 is 5.97 Å². The van der Waals surface area contributed by atoms with Gasteiger partial charge in [-0.05, 0) is 37.3 Å². The van der Waals surface area contributed by atoms with E-state index in [4.69, 9.17) is 4.74 Å². The average molecular weight is 411 g/mol. The molecule has 1 aromatic heterocycles. The zero-order valence-corrected chi connectivity index (χ0v) is 16.6. The number of halogens is 1. The number of piperazine rings is 1. The lowest BCUT2D eigenvalue weighted by atomic mass is 10.2. The van der Waals surface area contributed by atoms with Crippen LogP contribution in [-0.4, -0.2) is 64.6 Å². The van der Waals surface area contributed by atoms with E-state index in [-0.39, 0.29) is 18.3 Å². The third-order valence-corrected chi connectivity index (χ3v) is 5.20. The number of hydrogen-bond acceptors (Lipinski definition) is 6. The van der Waals surface area contributed by atoms with Gasteiger partial charge >= 0.3 is 5.97 Å². The van der Waals surface area contributed by atoms with Gasteiger partial charge < -0.3 is 14.5 Å². The predicted octanol–water partition coefficient (Wildman–Crippen LogP) is 2.10. The first-order chi connectivity index (χ1) is 14.6. The molecule has 0 N–H and O–H groups in total. The van der Waals surface area contributed by atoms with E-state index in [2.05, 4.69) is 10.3 Å². The highest BCUT2D eigenvalue weighted by atomic mass is 19.1. The SMILES string of the molecule is CCn1nnc2cc(C(=O)OCC(=O)N3CCN(c4ccccc4F)CC3)ccc21. The van der Waals surface area contributed by atoms with Crippen LogP contribution in [0.3, 0.4) is 0 Å². The summed E-state index contributed by atoms with van der Waals surface area (Å²) in [6, 6.07) is 11.6. The Morgan fingerprint density at radius 3 is 2.60 bits per heavy atom. The number of fused-ring (bicyclic) bond motifs is 1. The minimum Gasteiger partial charge on any atom is -0.452 e. The van der Waals surface area contributed by atoms with E-state index >= 15 is 0 Å². The van der Waals surface area contributed by atoms with Gasteiger partial charge in [0, 0.05) is 32.7 Å². The molecule has 30 heavy (non-hydrogen) atoms. The van der Waals surface area contributed by atoms with Gasteiger partial charge in [0.1, 0.15) is 11.3 Å². The highest BCUT2D eigenvalue weighted by molar-refractivity contribution is 5.94. The maximum atomic E-state index is 13.9. The summed E-state index contributed by atoms with van der Waals surface area (Å²) in [5.74, 6) is -1.13. The van der Waals surface area contributed by atoms with Gasteiger partial charge in [0.25, 0.3) is 5.91 Å². The summed E-state index contributed by atoms with van der Waals surface area (Å²) in [6.45, 7) is 4.22. The lowest BCUT2D eigenvalue weighted by Crippen LogP contribution is -2.50. The molecule has 1 amide bonds. The maximum Gasteiger partial charge on any atom is 0.338 e. The van der Waals surface area contributed by atoms with Crippen molar-refractivity contribution in [3.8, 4) is 0 Å². The van der Waals surface area contributed by atoms with Crippen LogP contribution in [-0.2, 0) is 16.1 Å². The summed E-state index contributed by atoms with van der Waals surface area (Å²) in [7, 11) is 0. The molecule has 0 bridgehead atoms. The minimum absolute atomic E-state index is 0.269. The Bertz CT molecular complexity index is 1080. The summed E-state index contributed by atoms with van der Waals surface area (Å²) >= 11 is 0. The second-order valence-corrected chi connectivity index (χ2v) is 7.00. The number of aryl methyl sites for hydroxylation is 1. The molecule has 0 atom stereocenters. The Kier molecular flexibility index (Phi) is 5.60. The largest absolute Gasteiger partial charge is 0.452 e. The molecule has 0 radical (unpaired) electrons. The lowest BCUT2D eigenvalue weighted by molar-refractivity contribution is -0.134. The summed E-state index contributed by atoms with van der Waals surface area (Å²) in [5.41, 5.74) is 2.29. The van der Waals surface area contributed by atoms with E-state index in [0.717, 1.165) is 5.52 Å². The van der Waals surface area contributed by atoms with Crippen molar-refractivity contribution in [2.45, 2.75) is 13.5 Å². The minimum atomic E-state index is -0.582. The monoisotopic (exact) mass is 411 g/mol. The molecule has 9 heteroatoms. The number of ether oxygens (including phenoxy) is 1. The van der Waals surface area contributed by atoms with Crippen molar-refractivity contribution in [1.82, 2.24) is 19.9 Å². The third-order valence-electron chi connectivity index (χ3n) is 5.20. The van der Waals surface area contributed by atoms with Crippen LogP contribution in [0, 0.1) is 5.82 Å². The molecule has 1 aliphatic heterocycles. The highest BCUT2D eigenvalue weighted by Gasteiger charge is 2.23. The van der Waals surface area contributed by atoms with Crippen molar-refractivity contribution >= 4 is 28.6 Å². The summed E-state index contributed by atoms with van der Waals surface area (Å²) in [6.07, 6.45) is 0. The van der Waals surface area contributed by atoms with Crippen molar-refractivity contribution in [3.63, 3.8) is 0 Å². The van der Waals surface area contributed by atoms with Crippen molar-refractivity contribution in [2.75, 3.05) is 37.7 Å². The highest BCUT2D eigenvalue weighted by Crippen LogP contribution is 2.20. The Morgan fingerprint density at radius 1 is 1.10 bits per heavy atom. The smallest absolute Gasteiger partial charge is 0.338 e. The number of esters is 1. The fourth-order valence-corrected chi connectivity index (χ4v) is 3.54. The van der Waals surface area contributed by atoms with Crippen molar-refractivity contribution < 1.29 is 18.7 Å². The first kappa shape index (κ1) is 19.8. The van der Waals surface area contributed by atoms with Crippen molar-refractivity contribution in [2.24, 2.45) is 0 Å². The van der Waals surface area contributed by atoms with Crippen molar-refractivity contribution in [1.29, 1.82) is 0 Å². The molecule has 0 spiro atoms. The fraction of sp³-hybridized carbons (Fsp3) is 0.333. The number of nitrogens with zero attached hydrogens (tertiary/aromatic N) is 5.